The zero-order chi connectivity index (χ0) is 26.2. The predicted octanol–water partition coefficient (Wildman–Crippen LogP) is 4.86. The number of hydrogen-bond acceptors (Lipinski definition) is 5. The molecular formula is C28H26FN3O4S. The van der Waals surface area contributed by atoms with Gasteiger partial charge in [0.05, 0.1) is 24.2 Å². The first kappa shape index (κ1) is 25.8. The van der Waals surface area contributed by atoms with E-state index < -0.39 is 29.6 Å². The van der Waals surface area contributed by atoms with Crippen LogP contribution in [0.25, 0.3) is 0 Å². The Hall–Kier alpha value is -4.24. The summed E-state index contributed by atoms with van der Waals surface area (Å²) in [7, 11) is 0. The molecule has 2 N–H and O–H groups in total. The predicted molar refractivity (Wildman–Crippen MR) is 140 cm³/mol. The molecule has 7 nitrogen and oxygen atoms in total. The van der Waals surface area contributed by atoms with Crippen molar-refractivity contribution in [1.82, 2.24) is 10.6 Å². The number of aryl methyl sites for hydroxylation is 1. The van der Waals surface area contributed by atoms with Gasteiger partial charge in [0.15, 0.2) is 0 Å². The fourth-order valence-electron chi connectivity index (χ4n) is 3.84. The van der Waals surface area contributed by atoms with Crippen molar-refractivity contribution in [2.75, 3.05) is 11.4 Å². The van der Waals surface area contributed by atoms with Gasteiger partial charge in [0.25, 0.3) is 5.91 Å². The Morgan fingerprint density at radius 2 is 1.76 bits per heavy atom. The van der Waals surface area contributed by atoms with E-state index in [1.165, 1.54) is 40.7 Å². The molecule has 2 aromatic heterocycles. The van der Waals surface area contributed by atoms with Crippen molar-refractivity contribution in [3.05, 3.63) is 112 Å². The van der Waals surface area contributed by atoms with E-state index >= 15 is 4.39 Å². The van der Waals surface area contributed by atoms with E-state index in [1.54, 1.807) is 47.8 Å². The fourth-order valence-corrected chi connectivity index (χ4v) is 4.48. The zero-order valence-corrected chi connectivity index (χ0v) is 21.0. The third-order valence-electron chi connectivity index (χ3n) is 5.76. The normalized spacial score (nSPS) is 11.5. The average molecular weight is 520 g/mol. The van der Waals surface area contributed by atoms with Crippen molar-refractivity contribution in [2.45, 2.75) is 25.9 Å². The van der Waals surface area contributed by atoms with E-state index in [-0.39, 0.29) is 18.7 Å². The molecule has 0 fully saturated rings. The molecule has 0 aliphatic carbocycles. The topological polar surface area (TPSA) is 91.7 Å². The van der Waals surface area contributed by atoms with Gasteiger partial charge in [-0.3, -0.25) is 19.3 Å². The number of nitrogens with one attached hydrogen (secondary N) is 2. The molecule has 0 radical (unpaired) electrons. The fraction of sp³-hybridized carbons (Fsp3) is 0.179. The second kappa shape index (κ2) is 12.1. The standard InChI is InChI=1S/C28H26FN3O4S/c1-2-19-11-13-20(14-12-19)32(25(33)18-31-27(34)24-10-6-16-37-24)26(22-8-3-4-9-23(22)29)28(35)30-17-21-7-5-15-36-21/h3-16,26H,2,17-18H2,1H3,(H,30,35)(H,31,34). The van der Waals surface area contributed by atoms with E-state index in [2.05, 4.69) is 10.6 Å². The van der Waals surface area contributed by atoms with Crippen LogP contribution in [0.2, 0.25) is 0 Å². The van der Waals surface area contributed by atoms with Crippen LogP contribution in [0.4, 0.5) is 10.1 Å². The lowest BCUT2D eigenvalue weighted by atomic mass is 10.0. The smallest absolute Gasteiger partial charge is 0.261 e. The van der Waals surface area contributed by atoms with Crippen LogP contribution in [-0.2, 0) is 22.6 Å². The van der Waals surface area contributed by atoms with Gasteiger partial charge in [-0.25, -0.2) is 4.39 Å². The number of nitrogens with zero attached hydrogens (tertiary/aromatic N) is 1. The Bertz CT molecular complexity index is 1340. The Morgan fingerprint density at radius 3 is 2.41 bits per heavy atom. The Morgan fingerprint density at radius 1 is 0.973 bits per heavy atom. The highest BCUT2D eigenvalue weighted by atomic mass is 32.1. The largest absolute Gasteiger partial charge is 0.467 e. The molecule has 0 saturated heterocycles. The van der Waals surface area contributed by atoms with Crippen LogP contribution in [0.1, 0.15) is 39.5 Å². The van der Waals surface area contributed by atoms with Gasteiger partial charge in [-0.05, 0) is 53.8 Å². The van der Waals surface area contributed by atoms with Crippen molar-refractivity contribution < 1.29 is 23.2 Å². The minimum absolute atomic E-state index is 0.0250. The van der Waals surface area contributed by atoms with Crippen LogP contribution in [-0.4, -0.2) is 24.3 Å². The maximum absolute atomic E-state index is 15.1. The summed E-state index contributed by atoms with van der Waals surface area (Å²) in [5.41, 5.74) is 1.46. The monoisotopic (exact) mass is 519 g/mol. The van der Waals surface area contributed by atoms with Crippen molar-refractivity contribution in [3.8, 4) is 0 Å². The minimum Gasteiger partial charge on any atom is -0.467 e. The van der Waals surface area contributed by atoms with Crippen molar-refractivity contribution in [3.63, 3.8) is 0 Å². The van der Waals surface area contributed by atoms with Gasteiger partial charge < -0.3 is 15.1 Å². The van der Waals surface area contributed by atoms with Crippen LogP contribution < -0.4 is 15.5 Å². The van der Waals surface area contributed by atoms with Crippen molar-refractivity contribution in [1.29, 1.82) is 0 Å². The van der Waals surface area contributed by atoms with Gasteiger partial charge in [-0.15, -0.1) is 11.3 Å². The first-order valence-electron chi connectivity index (χ1n) is 11.7. The molecule has 0 saturated carbocycles. The number of rotatable bonds is 10. The number of anilines is 1. The highest BCUT2D eigenvalue weighted by Crippen LogP contribution is 2.30. The molecule has 0 aliphatic heterocycles. The maximum atomic E-state index is 15.1. The van der Waals surface area contributed by atoms with Crippen LogP contribution in [0.5, 0.6) is 0 Å². The van der Waals surface area contributed by atoms with E-state index in [4.69, 9.17) is 4.42 Å². The van der Waals surface area contributed by atoms with Crippen LogP contribution >= 0.6 is 11.3 Å². The van der Waals surface area contributed by atoms with Crippen LogP contribution in [0.15, 0.2) is 88.9 Å². The molecule has 190 valence electrons. The van der Waals surface area contributed by atoms with E-state index in [0.29, 0.717) is 16.3 Å². The lowest BCUT2D eigenvalue weighted by Crippen LogP contribution is -2.47. The number of amides is 3. The first-order valence-corrected chi connectivity index (χ1v) is 12.6. The summed E-state index contributed by atoms with van der Waals surface area (Å²) >= 11 is 1.25. The lowest BCUT2D eigenvalue weighted by molar-refractivity contribution is -0.126. The summed E-state index contributed by atoms with van der Waals surface area (Å²) in [5.74, 6) is -1.70. The van der Waals surface area contributed by atoms with Gasteiger partial charge in [-0.2, -0.15) is 0 Å². The number of carbonyl (C=O) groups is 3. The van der Waals surface area contributed by atoms with Gasteiger partial charge in [0, 0.05) is 11.3 Å². The zero-order valence-electron chi connectivity index (χ0n) is 20.1. The van der Waals surface area contributed by atoms with Gasteiger partial charge >= 0.3 is 0 Å². The molecule has 0 bridgehead atoms. The van der Waals surface area contributed by atoms with E-state index in [0.717, 1.165) is 12.0 Å². The maximum Gasteiger partial charge on any atom is 0.261 e. The van der Waals surface area contributed by atoms with E-state index in [9.17, 15) is 14.4 Å². The number of hydrogen-bond donors (Lipinski definition) is 2. The number of thiophene rings is 1. The molecular weight excluding hydrogens is 493 g/mol. The molecule has 1 atom stereocenters. The molecule has 0 spiro atoms. The first-order chi connectivity index (χ1) is 18.0. The summed E-state index contributed by atoms with van der Waals surface area (Å²) in [6.45, 7) is 1.67. The highest BCUT2D eigenvalue weighted by molar-refractivity contribution is 7.12. The highest BCUT2D eigenvalue weighted by Gasteiger charge is 2.34. The third kappa shape index (κ3) is 6.31. The quantitative estimate of drug-likeness (QED) is 0.313. The Balaban J connectivity index is 1.69. The van der Waals surface area contributed by atoms with Gasteiger partial charge in [0.2, 0.25) is 11.8 Å². The van der Waals surface area contributed by atoms with Crippen LogP contribution in [0.3, 0.4) is 0 Å². The van der Waals surface area contributed by atoms with Crippen LogP contribution in [0, 0.1) is 5.82 Å². The molecule has 0 aliphatic rings. The summed E-state index contributed by atoms with van der Waals surface area (Å²) in [4.78, 5) is 41.4. The lowest BCUT2D eigenvalue weighted by Gasteiger charge is -2.32. The molecule has 1 unspecified atom stereocenters. The van der Waals surface area contributed by atoms with Gasteiger partial charge in [-0.1, -0.05) is 43.3 Å². The van der Waals surface area contributed by atoms with Crippen molar-refractivity contribution >= 4 is 34.7 Å². The Kier molecular flexibility index (Phi) is 8.48. The summed E-state index contributed by atoms with van der Waals surface area (Å²) in [5, 5.41) is 7.12. The second-order valence-electron chi connectivity index (χ2n) is 8.16. The number of halogens is 1. The minimum atomic E-state index is -1.34. The molecule has 4 aromatic rings. The average Bonchev–Trinajstić information content (AvgIpc) is 3.64. The third-order valence-corrected chi connectivity index (χ3v) is 6.63. The molecule has 37 heavy (non-hydrogen) atoms. The Labute approximate surface area is 217 Å². The number of furan rings is 1. The van der Waals surface area contributed by atoms with Gasteiger partial charge in [0.1, 0.15) is 17.6 Å². The number of carbonyl (C=O) groups excluding carboxylic acids is 3. The summed E-state index contributed by atoms with van der Waals surface area (Å²) in [6.07, 6.45) is 2.27. The molecule has 2 heterocycles. The SMILES string of the molecule is CCc1ccc(N(C(=O)CNC(=O)c2cccs2)C(C(=O)NCc2ccco2)c2ccccc2F)cc1. The van der Waals surface area contributed by atoms with E-state index in [1.807, 2.05) is 19.1 Å². The molecule has 4 rings (SSSR count). The molecule has 2 aromatic carbocycles. The summed E-state index contributed by atoms with van der Waals surface area (Å²) < 4.78 is 20.4. The second-order valence-corrected chi connectivity index (χ2v) is 9.11. The summed E-state index contributed by atoms with van der Waals surface area (Å²) in [6, 6.07) is 18.4. The van der Waals surface area contributed by atoms with Crippen molar-refractivity contribution in [2.24, 2.45) is 0 Å². The number of benzene rings is 2. The molecule has 9 heteroatoms. The molecule has 3 amide bonds.